The first-order chi connectivity index (χ1) is 7.90. The first-order valence-corrected chi connectivity index (χ1v) is 6.79. The molecule has 0 aromatic rings. The normalized spacial score (nSPS) is 41.9. The zero-order valence-corrected chi connectivity index (χ0v) is 11.1. The Bertz CT molecular complexity index is 296. The van der Waals surface area contributed by atoms with Crippen molar-refractivity contribution < 1.29 is 14.6 Å². The van der Waals surface area contributed by atoms with Gasteiger partial charge in [-0.3, -0.25) is 4.79 Å². The summed E-state index contributed by atoms with van der Waals surface area (Å²) in [4.78, 5) is 11.5. The summed E-state index contributed by atoms with van der Waals surface area (Å²) >= 11 is 0. The van der Waals surface area contributed by atoms with Crippen LogP contribution in [0.25, 0.3) is 0 Å². The van der Waals surface area contributed by atoms with E-state index in [1.807, 2.05) is 6.92 Å². The van der Waals surface area contributed by atoms with E-state index in [0.29, 0.717) is 25.2 Å². The van der Waals surface area contributed by atoms with Crippen LogP contribution in [0.2, 0.25) is 0 Å². The van der Waals surface area contributed by atoms with Gasteiger partial charge < -0.3 is 9.84 Å². The number of hydrogen-bond acceptors (Lipinski definition) is 3. The van der Waals surface area contributed by atoms with Gasteiger partial charge in [-0.2, -0.15) is 0 Å². The van der Waals surface area contributed by atoms with E-state index in [-0.39, 0.29) is 23.9 Å². The maximum absolute atomic E-state index is 11.5. The SMILES string of the molecule is CC(C)CCC1OC1C1CC(=O)CC[C@@]1(C)O. The number of carbonyl (C=O) groups is 1. The molecule has 1 N–H and O–H groups in total. The molecule has 2 aliphatic rings. The van der Waals surface area contributed by atoms with Crippen molar-refractivity contribution in [1.82, 2.24) is 0 Å². The third kappa shape index (κ3) is 3.08. The summed E-state index contributed by atoms with van der Waals surface area (Å²) in [6.45, 7) is 6.26. The first kappa shape index (κ1) is 13.0. The van der Waals surface area contributed by atoms with Crippen LogP contribution in [0.5, 0.6) is 0 Å². The number of Topliss-reactive ketones (excluding diaryl/α,β-unsaturated/α-hetero) is 1. The van der Waals surface area contributed by atoms with Gasteiger partial charge in [0.25, 0.3) is 0 Å². The van der Waals surface area contributed by atoms with E-state index in [0.717, 1.165) is 12.8 Å². The standard InChI is InChI=1S/C14H24O3/c1-9(2)4-5-12-13(17-12)11-8-10(15)6-7-14(11,3)16/h9,11-13,16H,4-8H2,1-3H3/t11?,12?,13?,14-/m1/s1. The Labute approximate surface area is 104 Å². The molecule has 0 amide bonds. The highest BCUT2D eigenvalue weighted by atomic mass is 16.6. The van der Waals surface area contributed by atoms with Crippen LogP contribution in [0.4, 0.5) is 0 Å². The average molecular weight is 240 g/mol. The quantitative estimate of drug-likeness (QED) is 0.767. The summed E-state index contributed by atoms with van der Waals surface area (Å²) in [6.07, 6.45) is 4.22. The summed E-state index contributed by atoms with van der Waals surface area (Å²) in [7, 11) is 0. The highest BCUT2D eigenvalue weighted by Gasteiger charge is 2.52. The Balaban J connectivity index is 1.87. The minimum absolute atomic E-state index is 0.0147. The zero-order valence-electron chi connectivity index (χ0n) is 11.1. The van der Waals surface area contributed by atoms with E-state index in [2.05, 4.69) is 13.8 Å². The summed E-state index contributed by atoms with van der Waals surface area (Å²) in [5.41, 5.74) is -0.717. The van der Waals surface area contributed by atoms with Crippen molar-refractivity contribution >= 4 is 5.78 Å². The van der Waals surface area contributed by atoms with E-state index in [4.69, 9.17) is 4.74 Å². The van der Waals surface area contributed by atoms with Crippen LogP contribution in [0.15, 0.2) is 0 Å². The molecule has 1 heterocycles. The van der Waals surface area contributed by atoms with Gasteiger partial charge in [-0.15, -0.1) is 0 Å². The molecule has 3 heteroatoms. The minimum atomic E-state index is -0.717. The van der Waals surface area contributed by atoms with Crippen LogP contribution in [0, 0.1) is 11.8 Å². The second-order valence-corrected chi connectivity index (χ2v) is 6.32. The van der Waals surface area contributed by atoms with Gasteiger partial charge >= 0.3 is 0 Å². The number of hydrogen-bond donors (Lipinski definition) is 1. The van der Waals surface area contributed by atoms with Crippen LogP contribution < -0.4 is 0 Å². The average Bonchev–Trinajstić information content (AvgIpc) is 2.98. The maximum atomic E-state index is 11.5. The lowest BCUT2D eigenvalue weighted by Crippen LogP contribution is -2.43. The third-order valence-electron chi connectivity index (χ3n) is 4.20. The molecule has 2 fully saturated rings. The largest absolute Gasteiger partial charge is 0.390 e. The first-order valence-electron chi connectivity index (χ1n) is 6.79. The van der Waals surface area contributed by atoms with Gasteiger partial charge in [0.1, 0.15) is 5.78 Å². The van der Waals surface area contributed by atoms with Crippen LogP contribution in [0.1, 0.15) is 52.9 Å². The second-order valence-electron chi connectivity index (χ2n) is 6.32. The number of rotatable bonds is 4. The molecular formula is C14H24O3. The molecule has 3 nitrogen and oxygen atoms in total. The van der Waals surface area contributed by atoms with Gasteiger partial charge in [0.05, 0.1) is 17.8 Å². The molecule has 0 bridgehead atoms. The molecule has 0 spiro atoms. The fourth-order valence-corrected chi connectivity index (χ4v) is 2.86. The van der Waals surface area contributed by atoms with Gasteiger partial charge in [0.15, 0.2) is 0 Å². The smallest absolute Gasteiger partial charge is 0.133 e. The Kier molecular flexibility index (Phi) is 3.60. The van der Waals surface area contributed by atoms with Crippen molar-refractivity contribution in [3.8, 4) is 0 Å². The Hall–Kier alpha value is -0.410. The van der Waals surface area contributed by atoms with Gasteiger partial charge in [0.2, 0.25) is 0 Å². The molecule has 0 aromatic heterocycles. The zero-order chi connectivity index (χ0) is 12.6. The highest BCUT2D eigenvalue weighted by Crippen LogP contribution is 2.44. The number of carbonyl (C=O) groups excluding carboxylic acids is 1. The predicted molar refractivity (Wildman–Crippen MR) is 65.7 cm³/mol. The number of epoxide rings is 1. The van der Waals surface area contributed by atoms with Gasteiger partial charge in [0, 0.05) is 18.8 Å². The summed E-state index contributed by atoms with van der Waals surface area (Å²) in [5.74, 6) is 0.980. The topological polar surface area (TPSA) is 49.8 Å². The van der Waals surface area contributed by atoms with E-state index in [1.54, 1.807) is 0 Å². The van der Waals surface area contributed by atoms with Gasteiger partial charge in [-0.1, -0.05) is 13.8 Å². The van der Waals surface area contributed by atoms with Crippen molar-refractivity contribution in [3.05, 3.63) is 0 Å². The lowest BCUT2D eigenvalue weighted by atomic mass is 9.73. The number of aliphatic hydroxyl groups is 1. The Morgan fingerprint density at radius 2 is 2.24 bits per heavy atom. The summed E-state index contributed by atoms with van der Waals surface area (Å²) < 4.78 is 5.68. The van der Waals surface area contributed by atoms with Crippen molar-refractivity contribution in [2.75, 3.05) is 0 Å². The van der Waals surface area contributed by atoms with Crippen molar-refractivity contribution in [3.63, 3.8) is 0 Å². The molecular weight excluding hydrogens is 216 g/mol. The van der Waals surface area contributed by atoms with E-state index < -0.39 is 5.60 Å². The van der Waals surface area contributed by atoms with E-state index in [9.17, 15) is 9.90 Å². The summed E-state index contributed by atoms with van der Waals surface area (Å²) in [6, 6.07) is 0. The summed E-state index contributed by atoms with van der Waals surface area (Å²) in [5, 5.41) is 10.3. The second kappa shape index (κ2) is 4.69. The predicted octanol–water partition coefficient (Wildman–Crippen LogP) is 2.31. The van der Waals surface area contributed by atoms with Gasteiger partial charge in [-0.25, -0.2) is 0 Å². The fourth-order valence-electron chi connectivity index (χ4n) is 2.86. The molecule has 1 aliphatic heterocycles. The molecule has 4 atom stereocenters. The highest BCUT2D eigenvalue weighted by molar-refractivity contribution is 5.80. The van der Waals surface area contributed by atoms with E-state index >= 15 is 0 Å². The molecule has 98 valence electrons. The van der Waals surface area contributed by atoms with Crippen molar-refractivity contribution in [2.24, 2.45) is 11.8 Å². The number of ether oxygens (including phenoxy) is 1. The van der Waals surface area contributed by atoms with Crippen LogP contribution in [-0.2, 0) is 9.53 Å². The molecule has 0 radical (unpaired) electrons. The molecule has 0 aromatic carbocycles. The van der Waals surface area contributed by atoms with Crippen molar-refractivity contribution in [2.45, 2.75) is 70.7 Å². The number of ketones is 1. The van der Waals surface area contributed by atoms with Crippen LogP contribution in [-0.4, -0.2) is 28.7 Å². The third-order valence-corrected chi connectivity index (χ3v) is 4.20. The maximum Gasteiger partial charge on any atom is 0.133 e. The lowest BCUT2D eigenvalue weighted by molar-refractivity contribution is -0.130. The Morgan fingerprint density at radius 1 is 1.53 bits per heavy atom. The molecule has 3 unspecified atom stereocenters. The fraction of sp³-hybridized carbons (Fsp3) is 0.929. The molecule has 1 aliphatic carbocycles. The molecule has 1 saturated heterocycles. The van der Waals surface area contributed by atoms with Gasteiger partial charge in [-0.05, 0) is 32.1 Å². The molecule has 1 saturated carbocycles. The van der Waals surface area contributed by atoms with Crippen LogP contribution in [0.3, 0.4) is 0 Å². The lowest BCUT2D eigenvalue weighted by Gasteiger charge is -2.35. The van der Waals surface area contributed by atoms with Crippen molar-refractivity contribution in [1.29, 1.82) is 0 Å². The Morgan fingerprint density at radius 3 is 2.88 bits per heavy atom. The molecule has 17 heavy (non-hydrogen) atoms. The van der Waals surface area contributed by atoms with Crippen LogP contribution >= 0.6 is 0 Å². The minimum Gasteiger partial charge on any atom is -0.390 e. The molecule has 2 rings (SSSR count). The van der Waals surface area contributed by atoms with E-state index in [1.165, 1.54) is 0 Å². The monoisotopic (exact) mass is 240 g/mol.